The van der Waals surface area contributed by atoms with E-state index < -0.39 is 6.10 Å². The van der Waals surface area contributed by atoms with E-state index in [9.17, 15) is 9.90 Å². The maximum Gasteiger partial charge on any atom is 0.162 e. The number of rotatable bonds is 6. The van der Waals surface area contributed by atoms with Crippen LogP contribution < -0.4 is 5.73 Å². The maximum absolute atomic E-state index is 12.5. The lowest BCUT2D eigenvalue weighted by Crippen LogP contribution is -2.26. The molecular weight excluding hydrogens is 410 g/mol. The van der Waals surface area contributed by atoms with E-state index in [1.165, 1.54) is 0 Å². The number of pyridine rings is 1. The van der Waals surface area contributed by atoms with Gasteiger partial charge in [-0.3, -0.25) is 4.79 Å². The van der Waals surface area contributed by atoms with Gasteiger partial charge in [-0.15, -0.1) is 0 Å². The third kappa shape index (κ3) is 5.83. The molecule has 3 N–H and O–H groups in total. The molecule has 0 saturated heterocycles. The summed E-state index contributed by atoms with van der Waals surface area (Å²) in [7, 11) is 3.79. The molecule has 3 aromatic rings. The number of nitrogens with two attached hydrogens (primary N) is 1. The molecule has 3 rings (SSSR count). The van der Waals surface area contributed by atoms with Crippen molar-refractivity contribution in [3.8, 4) is 11.8 Å². The number of aryl methyl sites for hydroxylation is 1. The average molecular weight is 436 g/mol. The minimum atomic E-state index is -0.515. The molecule has 0 amide bonds. The van der Waals surface area contributed by atoms with Crippen LogP contribution >= 0.6 is 11.6 Å². The first-order chi connectivity index (χ1) is 14.7. The topological polar surface area (TPSA) is 79.5 Å². The molecule has 5 nitrogen and oxygen atoms in total. The molecule has 0 bridgehead atoms. The molecule has 0 aliphatic heterocycles. The smallest absolute Gasteiger partial charge is 0.162 e. The van der Waals surface area contributed by atoms with Crippen molar-refractivity contribution in [1.29, 1.82) is 0 Å². The fourth-order valence-corrected chi connectivity index (χ4v) is 3.56. The van der Waals surface area contributed by atoms with E-state index in [0.29, 0.717) is 41.4 Å². The van der Waals surface area contributed by atoms with Crippen molar-refractivity contribution in [2.24, 2.45) is 0 Å². The summed E-state index contributed by atoms with van der Waals surface area (Å²) in [6, 6.07) is 11.0. The van der Waals surface area contributed by atoms with E-state index in [1.807, 2.05) is 50.2 Å². The van der Waals surface area contributed by atoms with Crippen LogP contribution in [0.5, 0.6) is 0 Å². The van der Waals surface area contributed by atoms with Crippen LogP contribution in [0.25, 0.3) is 10.8 Å². The molecule has 0 radical (unpaired) electrons. The highest BCUT2D eigenvalue weighted by Crippen LogP contribution is 2.25. The zero-order valence-electron chi connectivity index (χ0n) is 17.9. The number of hydrogen-bond acceptors (Lipinski definition) is 5. The van der Waals surface area contributed by atoms with Crippen LogP contribution in [-0.2, 0) is 0 Å². The molecule has 0 saturated carbocycles. The second-order valence-electron chi connectivity index (χ2n) is 7.91. The van der Waals surface area contributed by atoms with E-state index in [-0.39, 0.29) is 5.78 Å². The third-order valence-electron chi connectivity index (χ3n) is 5.03. The Hall–Kier alpha value is -2.91. The molecule has 1 unspecified atom stereocenters. The number of ketones is 1. The van der Waals surface area contributed by atoms with E-state index in [1.54, 1.807) is 18.3 Å². The highest BCUT2D eigenvalue weighted by molar-refractivity contribution is 6.31. The summed E-state index contributed by atoms with van der Waals surface area (Å²) in [6.45, 7) is 2.46. The number of fused-ring (bicyclic) bond motifs is 1. The van der Waals surface area contributed by atoms with Crippen LogP contribution in [0.4, 0.5) is 5.82 Å². The first kappa shape index (κ1) is 22.8. The van der Waals surface area contributed by atoms with Gasteiger partial charge in [-0.2, -0.15) is 0 Å². The van der Waals surface area contributed by atoms with Gasteiger partial charge in [0.2, 0.25) is 0 Å². The van der Waals surface area contributed by atoms with Crippen molar-refractivity contribution in [3.05, 3.63) is 69.9 Å². The van der Waals surface area contributed by atoms with E-state index in [0.717, 1.165) is 21.9 Å². The van der Waals surface area contributed by atoms with Crippen LogP contribution in [0.2, 0.25) is 5.02 Å². The third-order valence-corrected chi connectivity index (χ3v) is 5.27. The number of nitrogen functional groups attached to an aromatic ring is 1. The summed E-state index contributed by atoms with van der Waals surface area (Å²) >= 11 is 6.14. The van der Waals surface area contributed by atoms with Crippen LogP contribution in [0.1, 0.15) is 39.9 Å². The standard InChI is InChI=1S/C25H26ClN3O2/c1-16-12-18(24(31)11-9-21(30)15-29(2)3)5-4-17(16)7-10-22-23-13-20(26)8-6-19(23)14-28-25(22)27/h4-6,8,12-14,21,30H,9,11,15H2,1-3H3,(H2,27,28). The molecule has 1 atom stereocenters. The molecule has 31 heavy (non-hydrogen) atoms. The number of carbonyl (C=O) groups is 1. The molecule has 6 heteroatoms. The Morgan fingerprint density at radius 1 is 1.23 bits per heavy atom. The quantitative estimate of drug-likeness (QED) is 0.450. The number of aromatic nitrogens is 1. The molecule has 0 fully saturated rings. The second-order valence-corrected chi connectivity index (χ2v) is 8.34. The molecular formula is C25H26ClN3O2. The number of Topliss-reactive ketones (excluding diaryl/α,β-unsaturated/α-hetero) is 1. The Bertz CT molecular complexity index is 1170. The van der Waals surface area contributed by atoms with Gasteiger partial charge in [-0.05, 0) is 57.3 Å². The van der Waals surface area contributed by atoms with Crippen molar-refractivity contribution in [1.82, 2.24) is 9.88 Å². The Morgan fingerprint density at radius 3 is 2.71 bits per heavy atom. The van der Waals surface area contributed by atoms with Crippen molar-refractivity contribution in [2.75, 3.05) is 26.4 Å². The number of nitrogens with zero attached hydrogens (tertiary/aromatic N) is 2. The van der Waals surface area contributed by atoms with Crippen LogP contribution in [0, 0.1) is 18.8 Å². The van der Waals surface area contributed by atoms with Crippen LogP contribution in [0.15, 0.2) is 42.6 Å². The zero-order chi connectivity index (χ0) is 22.5. The van der Waals surface area contributed by atoms with Gasteiger partial charge < -0.3 is 15.7 Å². The normalized spacial score (nSPS) is 11.9. The predicted octanol–water partition coefficient (Wildman–Crippen LogP) is 4.06. The SMILES string of the molecule is Cc1cc(C(=O)CCC(O)CN(C)C)ccc1C#Cc1c(N)ncc2ccc(Cl)cc12. The summed E-state index contributed by atoms with van der Waals surface area (Å²) in [4.78, 5) is 18.6. The molecule has 0 aliphatic rings. The summed E-state index contributed by atoms with van der Waals surface area (Å²) < 4.78 is 0. The predicted molar refractivity (Wildman–Crippen MR) is 126 cm³/mol. The Kier molecular flexibility index (Phi) is 7.29. The van der Waals surface area contributed by atoms with E-state index in [2.05, 4.69) is 16.8 Å². The van der Waals surface area contributed by atoms with Gasteiger partial charge in [0, 0.05) is 46.1 Å². The minimum absolute atomic E-state index is 0.0116. The average Bonchev–Trinajstić information content (AvgIpc) is 2.71. The van der Waals surface area contributed by atoms with Crippen molar-refractivity contribution in [3.63, 3.8) is 0 Å². The lowest BCUT2D eigenvalue weighted by molar-refractivity contribution is 0.0909. The number of aliphatic hydroxyl groups excluding tert-OH is 1. The number of anilines is 1. The summed E-state index contributed by atoms with van der Waals surface area (Å²) in [5, 5.41) is 12.3. The summed E-state index contributed by atoms with van der Waals surface area (Å²) in [6.07, 6.45) is 1.93. The second kappa shape index (κ2) is 9.93. The summed E-state index contributed by atoms with van der Waals surface area (Å²) in [5.41, 5.74) is 9.03. The molecule has 1 aromatic heterocycles. The minimum Gasteiger partial charge on any atom is -0.392 e. The van der Waals surface area contributed by atoms with Crippen molar-refractivity contribution < 1.29 is 9.90 Å². The van der Waals surface area contributed by atoms with Crippen molar-refractivity contribution in [2.45, 2.75) is 25.9 Å². The zero-order valence-corrected chi connectivity index (χ0v) is 18.7. The number of carbonyl (C=O) groups excluding carboxylic acids is 1. The number of halogens is 1. The van der Waals surface area contributed by atoms with Crippen LogP contribution in [-0.4, -0.2) is 47.5 Å². The highest BCUT2D eigenvalue weighted by Gasteiger charge is 2.12. The number of benzene rings is 2. The molecule has 0 spiro atoms. The van der Waals surface area contributed by atoms with Gasteiger partial charge in [-0.25, -0.2) is 4.98 Å². The highest BCUT2D eigenvalue weighted by atomic mass is 35.5. The van der Waals surface area contributed by atoms with E-state index >= 15 is 0 Å². The van der Waals surface area contributed by atoms with Gasteiger partial charge in [0.05, 0.1) is 11.7 Å². The fourth-order valence-electron chi connectivity index (χ4n) is 3.39. The largest absolute Gasteiger partial charge is 0.392 e. The van der Waals surface area contributed by atoms with Gasteiger partial charge in [0.1, 0.15) is 5.82 Å². The fraction of sp³-hybridized carbons (Fsp3) is 0.280. The maximum atomic E-state index is 12.5. The monoisotopic (exact) mass is 435 g/mol. The lowest BCUT2D eigenvalue weighted by Gasteiger charge is -2.15. The van der Waals surface area contributed by atoms with Gasteiger partial charge in [-0.1, -0.05) is 35.6 Å². The number of aliphatic hydroxyl groups is 1. The first-order valence-electron chi connectivity index (χ1n) is 10.1. The molecule has 1 heterocycles. The molecule has 2 aromatic carbocycles. The van der Waals surface area contributed by atoms with Gasteiger partial charge in [0.25, 0.3) is 0 Å². The van der Waals surface area contributed by atoms with Crippen LogP contribution in [0.3, 0.4) is 0 Å². The Morgan fingerprint density at radius 2 is 2.00 bits per heavy atom. The Balaban J connectivity index is 1.81. The molecule has 160 valence electrons. The lowest BCUT2D eigenvalue weighted by atomic mass is 9.99. The number of hydrogen-bond donors (Lipinski definition) is 2. The first-order valence-corrected chi connectivity index (χ1v) is 10.4. The number of likely N-dealkylation sites (N-methyl/N-ethyl adjacent to an activating group) is 1. The summed E-state index contributed by atoms with van der Waals surface area (Å²) in [5.74, 6) is 6.64. The van der Waals surface area contributed by atoms with Gasteiger partial charge >= 0.3 is 0 Å². The molecule has 0 aliphatic carbocycles. The van der Waals surface area contributed by atoms with Crippen molar-refractivity contribution >= 4 is 34.0 Å². The Labute approximate surface area is 187 Å². The van der Waals surface area contributed by atoms with Gasteiger partial charge in [0.15, 0.2) is 5.78 Å². The van der Waals surface area contributed by atoms with E-state index in [4.69, 9.17) is 17.3 Å².